The van der Waals surface area contributed by atoms with Crippen LogP contribution < -0.4 is 4.74 Å². The summed E-state index contributed by atoms with van der Waals surface area (Å²) < 4.78 is 77.5. The second kappa shape index (κ2) is 5.28. The van der Waals surface area contributed by atoms with E-state index in [0.717, 1.165) is 12.1 Å². The summed E-state index contributed by atoms with van der Waals surface area (Å²) in [5, 5.41) is -0.163. The van der Waals surface area contributed by atoms with Crippen molar-refractivity contribution < 1.29 is 35.9 Å². The molecule has 0 aliphatic carbocycles. The van der Waals surface area contributed by atoms with Gasteiger partial charge in [0.25, 0.3) is 6.10 Å². The van der Waals surface area contributed by atoms with E-state index in [2.05, 4.69) is 4.74 Å². The van der Waals surface area contributed by atoms with Crippen LogP contribution in [0.3, 0.4) is 0 Å². The molecular formula is C10H5ClF6O2. The van der Waals surface area contributed by atoms with Gasteiger partial charge in [0.05, 0.1) is 5.56 Å². The quantitative estimate of drug-likeness (QED) is 0.622. The van der Waals surface area contributed by atoms with Crippen LogP contribution in [-0.2, 0) is 0 Å². The number of aldehydes is 1. The third kappa shape index (κ3) is 4.02. The highest BCUT2D eigenvalue weighted by Gasteiger charge is 2.59. The molecule has 0 aromatic heterocycles. The van der Waals surface area contributed by atoms with Crippen molar-refractivity contribution in [3.8, 4) is 5.75 Å². The molecule has 0 amide bonds. The van der Waals surface area contributed by atoms with Gasteiger partial charge in [0.15, 0.2) is 6.29 Å². The second-order valence-corrected chi connectivity index (χ2v) is 3.82. The largest absolute Gasteiger partial charge is 0.471 e. The van der Waals surface area contributed by atoms with Crippen molar-refractivity contribution >= 4 is 17.9 Å². The van der Waals surface area contributed by atoms with E-state index in [-0.39, 0.29) is 11.3 Å². The van der Waals surface area contributed by atoms with Crippen molar-refractivity contribution in [2.45, 2.75) is 18.5 Å². The van der Waals surface area contributed by atoms with Gasteiger partial charge in [0.1, 0.15) is 5.75 Å². The lowest BCUT2D eigenvalue weighted by atomic mass is 10.2. The molecule has 106 valence electrons. The van der Waals surface area contributed by atoms with E-state index in [1.807, 2.05) is 0 Å². The molecule has 0 radical (unpaired) electrons. The van der Waals surface area contributed by atoms with Crippen LogP contribution in [-0.4, -0.2) is 24.7 Å². The number of hydrogen-bond donors (Lipinski definition) is 0. The lowest BCUT2D eigenvalue weighted by Crippen LogP contribution is -2.46. The van der Waals surface area contributed by atoms with Gasteiger partial charge in [-0.25, -0.2) is 0 Å². The molecule has 0 unspecified atom stereocenters. The van der Waals surface area contributed by atoms with E-state index in [9.17, 15) is 31.1 Å². The Kier molecular flexibility index (Phi) is 4.34. The smallest absolute Gasteiger partial charge is 0.434 e. The minimum atomic E-state index is -5.67. The standard InChI is InChI=1S/C10H5ClF6O2/c11-6-2-1-5(4-18)7(3-6)19-8(9(12,13)14)10(15,16)17/h1-4,8H. The van der Waals surface area contributed by atoms with Crippen LogP contribution in [0.15, 0.2) is 18.2 Å². The van der Waals surface area contributed by atoms with Crippen LogP contribution in [0.25, 0.3) is 0 Å². The predicted octanol–water partition coefficient (Wildman–Crippen LogP) is 4.02. The maximum Gasteiger partial charge on any atom is 0.434 e. The highest BCUT2D eigenvalue weighted by atomic mass is 35.5. The summed E-state index contributed by atoms with van der Waals surface area (Å²) in [6.45, 7) is 0. The van der Waals surface area contributed by atoms with E-state index in [1.54, 1.807) is 0 Å². The van der Waals surface area contributed by atoms with Gasteiger partial charge in [-0.3, -0.25) is 4.79 Å². The Hall–Kier alpha value is -1.44. The summed E-state index contributed by atoms with van der Waals surface area (Å²) in [6.07, 6.45) is -15.3. The molecule has 0 heterocycles. The molecule has 19 heavy (non-hydrogen) atoms. The van der Waals surface area contributed by atoms with Gasteiger partial charge in [-0.15, -0.1) is 0 Å². The van der Waals surface area contributed by atoms with E-state index in [0.29, 0.717) is 6.07 Å². The average molecular weight is 307 g/mol. The molecule has 0 spiro atoms. The second-order valence-electron chi connectivity index (χ2n) is 3.38. The van der Waals surface area contributed by atoms with Crippen LogP contribution in [0.2, 0.25) is 5.02 Å². The molecule has 0 aliphatic heterocycles. The molecule has 1 aromatic carbocycles. The topological polar surface area (TPSA) is 26.3 Å². The number of carbonyl (C=O) groups excluding carboxylic acids is 1. The molecular weight excluding hydrogens is 302 g/mol. The zero-order valence-corrected chi connectivity index (χ0v) is 9.60. The maximum atomic E-state index is 12.3. The molecule has 0 saturated heterocycles. The summed E-state index contributed by atoms with van der Waals surface area (Å²) in [7, 11) is 0. The van der Waals surface area contributed by atoms with Crippen LogP contribution in [0.1, 0.15) is 10.4 Å². The first kappa shape index (κ1) is 15.6. The molecule has 1 aromatic rings. The normalized spacial score (nSPS) is 12.6. The first-order valence-corrected chi connectivity index (χ1v) is 4.98. The Morgan fingerprint density at radius 3 is 2.05 bits per heavy atom. The van der Waals surface area contributed by atoms with Crippen molar-refractivity contribution in [3.05, 3.63) is 28.8 Å². The molecule has 2 nitrogen and oxygen atoms in total. The van der Waals surface area contributed by atoms with Gasteiger partial charge >= 0.3 is 12.4 Å². The maximum absolute atomic E-state index is 12.3. The molecule has 0 fully saturated rings. The van der Waals surface area contributed by atoms with Crippen molar-refractivity contribution in [1.29, 1.82) is 0 Å². The van der Waals surface area contributed by atoms with Crippen LogP contribution >= 0.6 is 11.6 Å². The van der Waals surface area contributed by atoms with E-state index < -0.39 is 29.8 Å². The summed E-state index contributed by atoms with van der Waals surface area (Å²) in [6, 6.07) is 2.79. The third-order valence-electron chi connectivity index (χ3n) is 1.94. The number of alkyl halides is 6. The van der Waals surface area contributed by atoms with E-state index in [4.69, 9.17) is 11.6 Å². The highest BCUT2D eigenvalue weighted by Crippen LogP contribution is 2.37. The van der Waals surface area contributed by atoms with Gasteiger partial charge < -0.3 is 4.74 Å². The van der Waals surface area contributed by atoms with Gasteiger partial charge in [-0.1, -0.05) is 11.6 Å². The van der Waals surface area contributed by atoms with Gasteiger partial charge in [-0.2, -0.15) is 26.3 Å². The Morgan fingerprint density at radius 1 is 1.11 bits per heavy atom. The van der Waals surface area contributed by atoms with Crippen molar-refractivity contribution in [2.24, 2.45) is 0 Å². The molecule has 9 heteroatoms. The molecule has 0 saturated carbocycles. The zero-order valence-electron chi connectivity index (χ0n) is 8.85. The average Bonchev–Trinajstić information content (AvgIpc) is 2.23. The van der Waals surface area contributed by atoms with Crippen molar-refractivity contribution in [3.63, 3.8) is 0 Å². The predicted molar refractivity (Wildman–Crippen MR) is 53.4 cm³/mol. The number of benzene rings is 1. The summed E-state index contributed by atoms with van der Waals surface area (Å²) in [4.78, 5) is 10.5. The van der Waals surface area contributed by atoms with Gasteiger partial charge in [-0.05, 0) is 18.2 Å². The number of hydrogen-bond acceptors (Lipinski definition) is 2. The van der Waals surface area contributed by atoms with Gasteiger partial charge in [0.2, 0.25) is 0 Å². The van der Waals surface area contributed by atoms with E-state index in [1.165, 1.54) is 0 Å². The fourth-order valence-corrected chi connectivity index (χ4v) is 1.32. The van der Waals surface area contributed by atoms with Crippen molar-refractivity contribution in [2.75, 3.05) is 0 Å². The fraction of sp³-hybridized carbons (Fsp3) is 0.300. The summed E-state index contributed by atoms with van der Waals surface area (Å²) >= 11 is 5.43. The molecule has 1 rings (SSSR count). The zero-order chi connectivity index (χ0) is 14.8. The van der Waals surface area contributed by atoms with Crippen LogP contribution in [0.5, 0.6) is 5.75 Å². The lowest BCUT2D eigenvalue weighted by Gasteiger charge is -2.24. The molecule has 0 N–H and O–H groups in total. The van der Waals surface area contributed by atoms with Crippen LogP contribution in [0.4, 0.5) is 26.3 Å². The minimum Gasteiger partial charge on any atom is -0.471 e. The van der Waals surface area contributed by atoms with Crippen molar-refractivity contribution in [1.82, 2.24) is 0 Å². The number of halogens is 7. The number of ether oxygens (including phenoxy) is 1. The van der Waals surface area contributed by atoms with E-state index >= 15 is 0 Å². The monoisotopic (exact) mass is 306 g/mol. The van der Waals surface area contributed by atoms with Crippen LogP contribution in [0, 0.1) is 0 Å². The molecule has 0 atom stereocenters. The summed E-state index contributed by atoms with van der Waals surface area (Å²) in [5.74, 6) is -0.887. The Bertz CT molecular complexity index is 454. The fourth-order valence-electron chi connectivity index (χ4n) is 1.15. The lowest BCUT2D eigenvalue weighted by molar-refractivity contribution is -0.299. The summed E-state index contributed by atoms with van der Waals surface area (Å²) in [5.41, 5.74) is -0.470. The SMILES string of the molecule is O=Cc1ccc(Cl)cc1OC(C(F)(F)F)C(F)(F)F. The minimum absolute atomic E-state index is 0.0650. The first-order chi connectivity index (χ1) is 8.55. The molecule has 0 bridgehead atoms. The Labute approximate surface area is 107 Å². The van der Waals surface area contributed by atoms with Gasteiger partial charge in [0, 0.05) is 5.02 Å². The Morgan fingerprint density at radius 2 is 1.63 bits per heavy atom. The Balaban J connectivity index is 3.17. The third-order valence-corrected chi connectivity index (χ3v) is 2.18. The molecule has 0 aliphatic rings. The number of carbonyl (C=O) groups is 1. The first-order valence-electron chi connectivity index (χ1n) is 4.60. The number of rotatable bonds is 3. The highest BCUT2D eigenvalue weighted by molar-refractivity contribution is 6.30.